The zero-order valence-electron chi connectivity index (χ0n) is 7.72. The Morgan fingerprint density at radius 3 is 2.55 bits per heavy atom. The second-order valence-electron chi connectivity index (χ2n) is 2.83. The number of unbranched alkanes of at least 4 members (excludes halogenated alkanes) is 1. The summed E-state index contributed by atoms with van der Waals surface area (Å²) in [6.45, 7) is 6.78. The Balaban J connectivity index is 3.36. The number of rotatable bonds is 6. The molecular weight excluding hydrogens is 159 g/mol. The first kappa shape index (κ1) is 11.2. The minimum atomic E-state index is -1.74. The molecule has 0 saturated heterocycles. The maximum absolute atomic E-state index is 11.2. The summed E-state index contributed by atoms with van der Waals surface area (Å²) < 4.78 is 16.4. The monoisotopic (exact) mass is 178 g/mol. The second kappa shape index (κ2) is 6.87. The van der Waals surface area contributed by atoms with Crippen LogP contribution in [0.1, 0.15) is 40.0 Å². The van der Waals surface area contributed by atoms with Crippen molar-refractivity contribution in [2.45, 2.75) is 45.7 Å². The van der Waals surface area contributed by atoms with Crippen molar-refractivity contribution in [1.29, 1.82) is 0 Å². The van der Waals surface area contributed by atoms with Crippen LogP contribution in [0.25, 0.3) is 0 Å². The summed E-state index contributed by atoms with van der Waals surface area (Å²) in [6, 6.07) is 0. The smallest absolute Gasteiger partial charge is 0.194 e. The lowest BCUT2D eigenvalue weighted by atomic mass is 10.4. The highest BCUT2D eigenvalue weighted by molar-refractivity contribution is 7.39. The fraction of sp³-hybridized carbons (Fsp3) is 1.00. The van der Waals surface area contributed by atoms with Gasteiger partial charge in [0.25, 0.3) is 0 Å². The van der Waals surface area contributed by atoms with Gasteiger partial charge in [-0.3, -0.25) is 4.57 Å². The fourth-order valence-electron chi connectivity index (χ4n) is 0.626. The molecule has 2 nitrogen and oxygen atoms in total. The highest BCUT2D eigenvalue weighted by Gasteiger charge is 2.07. The van der Waals surface area contributed by atoms with Crippen molar-refractivity contribution in [1.82, 2.24) is 0 Å². The van der Waals surface area contributed by atoms with Crippen molar-refractivity contribution in [3.8, 4) is 0 Å². The zero-order valence-corrected chi connectivity index (χ0v) is 8.72. The molecule has 0 saturated carbocycles. The third-order valence-electron chi connectivity index (χ3n) is 1.76. The molecule has 0 spiro atoms. The predicted molar refractivity (Wildman–Crippen MR) is 49.6 cm³/mol. The van der Waals surface area contributed by atoms with Gasteiger partial charge in [0.1, 0.15) is 0 Å². The molecule has 0 rings (SSSR count). The van der Waals surface area contributed by atoms with E-state index in [0.717, 1.165) is 19.3 Å². The van der Waals surface area contributed by atoms with Crippen LogP contribution in [0.2, 0.25) is 0 Å². The summed E-state index contributed by atoms with van der Waals surface area (Å²) in [4.78, 5) is 0. The lowest BCUT2D eigenvalue weighted by Gasteiger charge is -2.08. The number of hydrogen-bond acceptors (Lipinski definition) is 2. The molecule has 2 atom stereocenters. The van der Waals surface area contributed by atoms with Gasteiger partial charge in [-0.05, 0) is 12.8 Å². The first-order chi connectivity index (χ1) is 5.22. The average molecular weight is 178 g/mol. The van der Waals surface area contributed by atoms with Crippen LogP contribution in [0.3, 0.4) is 0 Å². The maximum Gasteiger partial charge on any atom is 0.194 e. The molecule has 0 N–H and O–H groups in total. The van der Waals surface area contributed by atoms with E-state index in [1.807, 2.05) is 13.8 Å². The first-order valence-corrected chi connectivity index (χ1v) is 5.78. The Bertz CT molecular complexity index is 115. The summed E-state index contributed by atoms with van der Waals surface area (Å²) >= 11 is 0. The summed E-state index contributed by atoms with van der Waals surface area (Å²) in [6.07, 6.45) is 3.08. The highest BCUT2D eigenvalue weighted by Crippen LogP contribution is 2.31. The van der Waals surface area contributed by atoms with Crippen LogP contribution in [-0.4, -0.2) is 12.3 Å². The molecule has 0 aliphatic carbocycles. The minimum Gasteiger partial charge on any atom is -0.330 e. The Labute approximate surface area is 70.2 Å². The molecule has 0 radical (unpaired) electrons. The van der Waals surface area contributed by atoms with Crippen LogP contribution in [-0.2, 0) is 9.09 Å². The molecule has 0 aromatic carbocycles. The van der Waals surface area contributed by atoms with E-state index in [2.05, 4.69) is 6.92 Å². The van der Waals surface area contributed by atoms with E-state index < -0.39 is 8.03 Å². The van der Waals surface area contributed by atoms with Crippen molar-refractivity contribution < 1.29 is 9.09 Å². The predicted octanol–water partition coefficient (Wildman–Crippen LogP) is 3.08. The molecule has 0 aliphatic rings. The van der Waals surface area contributed by atoms with Crippen molar-refractivity contribution >= 4 is 8.03 Å². The summed E-state index contributed by atoms with van der Waals surface area (Å²) in [5.74, 6) is 0. The topological polar surface area (TPSA) is 26.3 Å². The van der Waals surface area contributed by atoms with E-state index >= 15 is 0 Å². The van der Waals surface area contributed by atoms with Crippen molar-refractivity contribution in [3.63, 3.8) is 0 Å². The zero-order chi connectivity index (χ0) is 8.69. The third kappa shape index (κ3) is 5.46. The van der Waals surface area contributed by atoms with Gasteiger partial charge in [0, 0.05) is 5.66 Å². The Morgan fingerprint density at radius 2 is 2.09 bits per heavy atom. The minimum absolute atomic E-state index is 0.247. The lowest BCUT2D eigenvalue weighted by molar-refractivity contribution is 0.315. The van der Waals surface area contributed by atoms with E-state index in [-0.39, 0.29) is 5.66 Å². The Morgan fingerprint density at radius 1 is 1.45 bits per heavy atom. The molecule has 11 heavy (non-hydrogen) atoms. The van der Waals surface area contributed by atoms with Gasteiger partial charge in [-0.15, -0.1) is 0 Å². The van der Waals surface area contributed by atoms with Gasteiger partial charge in [0.15, 0.2) is 8.03 Å². The first-order valence-electron chi connectivity index (χ1n) is 4.39. The molecule has 3 heteroatoms. The quantitative estimate of drug-likeness (QED) is 0.461. The third-order valence-corrected chi connectivity index (χ3v) is 3.46. The van der Waals surface area contributed by atoms with Gasteiger partial charge in [-0.25, -0.2) is 0 Å². The van der Waals surface area contributed by atoms with Crippen LogP contribution in [0, 0.1) is 0 Å². The highest BCUT2D eigenvalue weighted by atomic mass is 31.1. The van der Waals surface area contributed by atoms with Crippen molar-refractivity contribution in [2.75, 3.05) is 6.61 Å². The number of hydrogen-bond donors (Lipinski definition) is 0. The SMILES string of the molecule is CCCCO[PH](=O)C(C)CC. The molecule has 0 fully saturated rings. The van der Waals surface area contributed by atoms with Crippen LogP contribution in [0.4, 0.5) is 0 Å². The fourth-order valence-corrected chi connectivity index (χ4v) is 1.59. The van der Waals surface area contributed by atoms with Crippen molar-refractivity contribution in [2.24, 2.45) is 0 Å². The van der Waals surface area contributed by atoms with Gasteiger partial charge in [0.05, 0.1) is 6.61 Å². The summed E-state index contributed by atoms with van der Waals surface area (Å²) in [5.41, 5.74) is 0.247. The van der Waals surface area contributed by atoms with Gasteiger partial charge in [-0.2, -0.15) is 0 Å². The van der Waals surface area contributed by atoms with E-state index in [0.29, 0.717) is 6.61 Å². The van der Waals surface area contributed by atoms with Crippen LogP contribution in [0.15, 0.2) is 0 Å². The normalized spacial score (nSPS) is 16.3. The molecule has 68 valence electrons. The molecule has 0 bridgehead atoms. The Kier molecular flexibility index (Phi) is 6.99. The maximum atomic E-state index is 11.2. The molecular formula is C8H19O2P. The molecule has 2 unspecified atom stereocenters. The van der Waals surface area contributed by atoms with Gasteiger partial charge in [-0.1, -0.05) is 27.2 Å². The van der Waals surface area contributed by atoms with Crippen molar-refractivity contribution in [3.05, 3.63) is 0 Å². The van der Waals surface area contributed by atoms with E-state index in [4.69, 9.17) is 4.52 Å². The molecule has 0 amide bonds. The Hall–Kier alpha value is 0.190. The second-order valence-corrected chi connectivity index (χ2v) is 4.74. The van der Waals surface area contributed by atoms with E-state index in [1.165, 1.54) is 0 Å². The van der Waals surface area contributed by atoms with Crippen LogP contribution in [0.5, 0.6) is 0 Å². The van der Waals surface area contributed by atoms with Gasteiger partial charge in [0.2, 0.25) is 0 Å². The average Bonchev–Trinajstić information content (AvgIpc) is 2.03. The van der Waals surface area contributed by atoms with Crippen LogP contribution < -0.4 is 0 Å². The van der Waals surface area contributed by atoms with Gasteiger partial charge >= 0.3 is 0 Å². The lowest BCUT2D eigenvalue weighted by Crippen LogP contribution is -1.96. The molecule has 0 aliphatic heterocycles. The molecule has 0 heterocycles. The largest absolute Gasteiger partial charge is 0.330 e. The summed E-state index contributed by atoms with van der Waals surface area (Å²) in [7, 11) is -1.74. The van der Waals surface area contributed by atoms with E-state index in [9.17, 15) is 4.57 Å². The standard InChI is InChI=1S/C8H19O2P/c1-4-6-7-10-11(9)8(3)5-2/h8,11H,4-7H2,1-3H3. The molecule has 0 aromatic heterocycles. The van der Waals surface area contributed by atoms with Crippen LogP contribution >= 0.6 is 8.03 Å². The van der Waals surface area contributed by atoms with E-state index in [1.54, 1.807) is 0 Å². The molecule has 0 aromatic rings. The van der Waals surface area contributed by atoms with Gasteiger partial charge < -0.3 is 4.52 Å². The summed E-state index contributed by atoms with van der Waals surface area (Å²) in [5, 5.41) is 0.